The Morgan fingerprint density at radius 2 is 1.87 bits per heavy atom. The van der Waals surface area contributed by atoms with Gasteiger partial charge in [-0.2, -0.15) is 17.0 Å². The van der Waals surface area contributed by atoms with Crippen LogP contribution in [0.3, 0.4) is 0 Å². The molecule has 1 unspecified atom stereocenters. The van der Waals surface area contributed by atoms with Gasteiger partial charge >= 0.3 is 0 Å². The Kier molecular flexibility index (Phi) is 11.5. The van der Waals surface area contributed by atoms with Crippen molar-refractivity contribution in [2.45, 2.75) is 61.8 Å². The molecule has 15 heteroatoms. The van der Waals surface area contributed by atoms with Crippen LogP contribution in [-0.4, -0.2) is 92.3 Å². The molecule has 2 saturated heterocycles. The van der Waals surface area contributed by atoms with Crippen LogP contribution in [0.2, 0.25) is 0 Å². The number of carbonyl (C=O) groups is 1. The molecule has 0 aromatic heterocycles. The van der Waals surface area contributed by atoms with Crippen molar-refractivity contribution in [3.8, 4) is 34.8 Å². The number of benzene rings is 2. The molecule has 5 aliphatic heterocycles. The summed E-state index contributed by atoms with van der Waals surface area (Å²) in [7, 11) is 5.22. The summed E-state index contributed by atoms with van der Waals surface area (Å²) in [4.78, 5) is 17.3. The summed E-state index contributed by atoms with van der Waals surface area (Å²) in [6.07, 6.45) is 0.584. The average molecular weight is 1080 g/mol. The van der Waals surface area contributed by atoms with Crippen LogP contribution >= 0.6 is 11.8 Å². The van der Waals surface area contributed by atoms with Crippen LogP contribution in [0.1, 0.15) is 50.7 Å². The molecule has 4 bridgehead atoms. The summed E-state index contributed by atoms with van der Waals surface area (Å²) in [5.74, 6) is 1.78. The summed E-state index contributed by atoms with van der Waals surface area (Å²) in [5, 5.41) is 22.2. The standard InChI is InChI=1S/C31H35N4O8S.2Ac/c1-13-6-15-7-17-18(8-32)35-19-9-40-31(37)16(33)10-44-30(22-21(19)29-27(42-12-43-29)14(2)25(22)36)24(35)23(34(17)3)20(15)28(26(13)39-5)41-11-38-4;;/h6,16-19,23-24,30,33,36H,7,9-12H2,1-5H3;;/q-1;;/t16-,17-,18-,19-,23+,24?,30+;;/m0../s1. The number of likely N-dealkylation sites (N-methyl/N-ethyl adjacent to an activating group) is 1. The quantitative estimate of drug-likeness (QED) is 0.352. The molecular formula is C31H35Ac2N4O8S-. The number of phenolic OH excluding ortho intramolecular Hbond substituents is 1. The maximum absolute atomic E-state index is 12.9. The maximum atomic E-state index is 12.9. The van der Waals surface area contributed by atoms with Gasteiger partial charge in [0.05, 0.1) is 30.5 Å². The summed E-state index contributed by atoms with van der Waals surface area (Å²) in [6, 6.07) is 1.49. The van der Waals surface area contributed by atoms with Gasteiger partial charge in [-0.05, 0) is 50.2 Å². The number of rotatable bonds is 4. The number of phenols is 1. The molecule has 7 rings (SSSR count). The van der Waals surface area contributed by atoms with Gasteiger partial charge in [-0.15, -0.1) is 0 Å². The van der Waals surface area contributed by atoms with E-state index >= 15 is 0 Å². The van der Waals surface area contributed by atoms with Gasteiger partial charge in [-0.1, -0.05) is 6.07 Å². The molecule has 46 heavy (non-hydrogen) atoms. The first-order valence-electron chi connectivity index (χ1n) is 14.6. The monoisotopic (exact) mass is 1080 g/mol. The first kappa shape index (κ1) is 36.7. The third-order valence-electron chi connectivity index (χ3n) is 9.74. The van der Waals surface area contributed by atoms with Crippen molar-refractivity contribution in [1.29, 1.82) is 5.26 Å². The second kappa shape index (κ2) is 14.4. The number of fused-ring (bicyclic) bond motifs is 9. The Labute approximate surface area is 344 Å². The molecular weight excluding hydrogens is 1040 g/mol. The molecule has 240 valence electrons. The van der Waals surface area contributed by atoms with E-state index in [0.717, 1.165) is 16.7 Å². The predicted octanol–water partition coefficient (Wildman–Crippen LogP) is 3.71. The third kappa shape index (κ3) is 5.49. The molecule has 2 fully saturated rings. The summed E-state index contributed by atoms with van der Waals surface area (Å²) in [5.41, 5.74) is 13.4. The van der Waals surface area contributed by atoms with E-state index in [-0.39, 0.29) is 132 Å². The van der Waals surface area contributed by atoms with Gasteiger partial charge in [0, 0.05) is 130 Å². The topological polar surface area (TPSA) is 147 Å². The van der Waals surface area contributed by atoms with Gasteiger partial charge in [0.15, 0.2) is 29.8 Å². The van der Waals surface area contributed by atoms with Gasteiger partial charge < -0.3 is 39.3 Å². The Hall–Kier alpha value is -0.527. The van der Waals surface area contributed by atoms with Crippen molar-refractivity contribution in [1.82, 2.24) is 9.80 Å². The molecule has 2 N–H and O–H groups in total. The van der Waals surface area contributed by atoms with Crippen molar-refractivity contribution >= 4 is 17.7 Å². The zero-order valence-electron chi connectivity index (χ0n) is 26.4. The van der Waals surface area contributed by atoms with E-state index in [4.69, 9.17) is 34.2 Å². The Morgan fingerprint density at radius 3 is 2.57 bits per heavy atom. The van der Waals surface area contributed by atoms with Crippen LogP contribution in [0.4, 0.5) is 0 Å². The van der Waals surface area contributed by atoms with E-state index < -0.39 is 35.4 Å². The largest absolute Gasteiger partial charge is 0.665 e. The normalized spacial score (nSPS) is 29.2. The smallest absolute Gasteiger partial charge is 0.288 e. The molecule has 5 aliphatic rings. The number of cyclic esters (lactones) is 1. The molecule has 0 saturated carbocycles. The molecule has 12 nitrogen and oxygen atoms in total. The number of nitrogens with one attached hydrogen (secondary N) is 1. The van der Waals surface area contributed by atoms with Gasteiger partial charge in [0.1, 0.15) is 18.4 Å². The second-order valence-electron chi connectivity index (χ2n) is 11.9. The summed E-state index contributed by atoms with van der Waals surface area (Å²) >= 11 is 1.42. The number of ether oxygens (including phenoxy) is 6. The van der Waals surface area contributed by atoms with Crippen molar-refractivity contribution < 1.29 is 126 Å². The first-order valence-corrected chi connectivity index (χ1v) is 15.6. The Bertz CT molecular complexity index is 1590. The Morgan fingerprint density at radius 1 is 1.13 bits per heavy atom. The van der Waals surface area contributed by atoms with E-state index in [1.165, 1.54) is 11.8 Å². The van der Waals surface area contributed by atoms with Crippen molar-refractivity contribution in [2.75, 3.05) is 47.2 Å². The van der Waals surface area contributed by atoms with E-state index in [0.29, 0.717) is 46.1 Å². The van der Waals surface area contributed by atoms with Crippen LogP contribution in [0.5, 0.6) is 28.7 Å². The fourth-order valence-electron chi connectivity index (χ4n) is 7.94. The molecule has 0 aliphatic carbocycles. The molecule has 2 radical (unpaired) electrons. The third-order valence-corrected chi connectivity index (χ3v) is 11.1. The predicted molar refractivity (Wildman–Crippen MR) is 159 cm³/mol. The molecule has 0 spiro atoms. The number of piperazine rings is 1. The van der Waals surface area contributed by atoms with Gasteiger partial charge in [-0.3, -0.25) is 14.6 Å². The summed E-state index contributed by atoms with van der Waals surface area (Å²) in [6.45, 7) is 3.69. The molecule has 2 aromatic carbocycles. The van der Waals surface area contributed by atoms with Crippen LogP contribution in [0, 0.1) is 113 Å². The number of carbonyl (C=O) groups excluding carboxylic acids is 1. The Balaban J connectivity index is 0.00000208. The number of hydrogen-bond acceptors (Lipinski definition) is 12. The molecule has 5 heterocycles. The number of methoxy groups -OCH3 is 2. The van der Waals surface area contributed by atoms with Crippen molar-refractivity contribution in [3.63, 3.8) is 0 Å². The number of aryl methyl sites for hydroxylation is 1. The first-order chi connectivity index (χ1) is 21.2. The maximum Gasteiger partial charge on any atom is 0.288 e. The minimum absolute atomic E-state index is 0. The van der Waals surface area contributed by atoms with Crippen molar-refractivity contribution in [2.24, 2.45) is 0 Å². The van der Waals surface area contributed by atoms with Crippen molar-refractivity contribution in [3.05, 3.63) is 45.2 Å². The number of nitrogens with zero attached hydrogens (tertiary/aromatic N) is 3. The molecule has 7 atom stereocenters. The van der Waals surface area contributed by atoms with Crippen LogP contribution in [0.25, 0.3) is 5.73 Å². The van der Waals surface area contributed by atoms with E-state index in [1.54, 1.807) is 21.1 Å². The van der Waals surface area contributed by atoms with Crippen LogP contribution in [0.15, 0.2) is 6.07 Å². The zero-order valence-corrected chi connectivity index (χ0v) is 36.7. The zero-order chi connectivity index (χ0) is 31.0. The van der Waals surface area contributed by atoms with E-state index in [2.05, 4.69) is 21.9 Å². The fraction of sp³-hybridized carbons (Fsp3) is 0.548. The second-order valence-corrected chi connectivity index (χ2v) is 13.1. The number of hydrogen-bond donors (Lipinski definition) is 1. The van der Waals surface area contributed by atoms with Gasteiger partial charge in [0.2, 0.25) is 6.79 Å². The fourth-order valence-corrected chi connectivity index (χ4v) is 9.37. The molecule has 0 amide bonds. The van der Waals surface area contributed by atoms with E-state index in [1.807, 2.05) is 14.0 Å². The summed E-state index contributed by atoms with van der Waals surface area (Å²) < 4.78 is 35.1. The minimum Gasteiger partial charge on any atom is -0.665 e. The number of esters is 1. The molecule has 2 aromatic rings. The average Bonchev–Trinajstić information content (AvgIpc) is 3.50. The SMILES string of the molecule is COCOc1c(OC)c(C)cc2c1[C@@H]1C3[C@@H]4SC[C@H]([NH-])C(=O)OC[C@@H](c5c6c(c(C)c(O)c54)OCO6)N3[C@@H](C#N)[C@H](C2)N1C.[Ac].[Ac]. The van der Waals surface area contributed by atoms with E-state index in [9.17, 15) is 15.2 Å². The van der Waals surface area contributed by atoms with Gasteiger partial charge in [0.25, 0.3) is 5.97 Å². The number of nitriles is 1. The number of thioether (sulfide) groups is 1. The number of aromatic hydroxyl groups is 1. The minimum atomic E-state index is -1.10. The van der Waals surface area contributed by atoms with Crippen LogP contribution in [-0.2, 0) is 20.7 Å². The van der Waals surface area contributed by atoms with Crippen LogP contribution < -0.4 is 18.9 Å². The van der Waals surface area contributed by atoms with Gasteiger partial charge in [-0.25, -0.2) is 0 Å².